The van der Waals surface area contributed by atoms with Gasteiger partial charge in [0.2, 0.25) is 0 Å². The van der Waals surface area contributed by atoms with Crippen LogP contribution in [0.25, 0.3) is 0 Å². The van der Waals surface area contributed by atoms with Crippen molar-refractivity contribution in [1.82, 2.24) is 10.2 Å². The maximum atomic E-state index is 11.0. The Kier molecular flexibility index (Phi) is 3.50. The number of aryl methyl sites for hydroxylation is 3. The lowest BCUT2D eigenvalue weighted by molar-refractivity contribution is -0.384. The van der Waals surface area contributed by atoms with Crippen molar-refractivity contribution in [3.05, 3.63) is 50.8 Å². The molecule has 0 saturated carbocycles. The molecule has 0 aliphatic rings. The maximum absolute atomic E-state index is 11.0. The van der Waals surface area contributed by atoms with E-state index in [0.29, 0.717) is 12.2 Å². The van der Waals surface area contributed by atoms with E-state index in [9.17, 15) is 10.1 Å². The van der Waals surface area contributed by atoms with Gasteiger partial charge in [-0.05, 0) is 32.4 Å². The van der Waals surface area contributed by atoms with Crippen molar-refractivity contribution in [3.8, 4) is 0 Å². The predicted octanol–water partition coefficient (Wildman–Crippen LogP) is 2.86. The lowest BCUT2D eigenvalue weighted by atomic mass is 10.1. The molecule has 1 aromatic heterocycles. The van der Waals surface area contributed by atoms with Crippen molar-refractivity contribution in [2.75, 3.05) is 5.32 Å². The van der Waals surface area contributed by atoms with Gasteiger partial charge in [0, 0.05) is 23.9 Å². The highest BCUT2D eigenvalue weighted by Gasteiger charge is 2.14. The van der Waals surface area contributed by atoms with Crippen molar-refractivity contribution in [3.63, 3.8) is 0 Å². The molecule has 0 aliphatic carbocycles. The first-order valence-corrected chi connectivity index (χ1v) is 5.98. The highest BCUT2D eigenvalue weighted by molar-refractivity contribution is 5.62. The number of nitrogens with one attached hydrogen (secondary N) is 2. The first-order valence-electron chi connectivity index (χ1n) is 5.98. The SMILES string of the molecule is Cc1ccc(NCc2c(C)n[nH]c2C)c([N+](=O)[O-])c1. The van der Waals surface area contributed by atoms with Crippen LogP contribution in [0.1, 0.15) is 22.5 Å². The third-order valence-corrected chi connectivity index (χ3v) is 3.09. The Morgan fingerprint density at radius 1 is 1.37 bits per heavy atom. The predicted molar refractivity (Wildman–Crippen MR) is 73.2 cm³/mol. The summed E-state index contributed by atoms with van der Waals surface area (Å²) < 4.78 is 0. The van der Waals surface area contributed by atoms with Gasteiger partial charge in [0.05, 0.1) is 10.6 Å². The molecule has 0 saturated heterocycles. The largest absolute Gasteiger partial charge is 0.375 e. The van der Waals surface area contributed by atoms with Crippen LogP contribution >= 0.6 is 0 Å². The first kappa shape index (κ1) is 13.1. The molecule has 2 rings (SSSR count). The van der Waals surface area contributed by atoms with E-state index >= 15 is 0 Å². The third-order valence-electron chi connectivity index (χ3n) is 3.09. The first-order chi connectivity index (χ1) is 8.99. The summed E-state index contributed by atoms with van der Waals surface area (Å²) in [6.07, 6.45) is 0. The molecule has 2 aromatic rings. The fraction of sp³-hybridized carbons (Fsp3) is 0.308. The van der Waals surface area contributed by atoms with E-state index in [1.165, 1.54) is 0 Å². The minimum Gasteiger partial charge on any atom is -0.375 e. The minimum absolute atomic E-state index is 0.0961. The lowest BCUT2D eigenvalue weighted by Gasteiger charge is -2.08. The second-order valence-electron chi connectivity index (χ2n) is 4.54. The molecular weight excluding hydrogens is 244 g/mol. The Morgan fingerprint density at radius 3 is 2.68 bits per heavy atom. The molecule has 0 unspecified atom stereocenters. The molecule has 19 heavy (non-hydrogen) atoms. The van der Waals surface area contributed by atoms with Gasteiger partial charge in [-0.15, -0.1) is 0 Å². The molecule has 0 radical (unpaired) electrons. The van der Waals surface area contributed by atoms with Crippen LogP contribution in [0.5, 0.6) is 0 Å². The van der Waals surface area contributed by atoms with Gasteiger partial charge < -0.3 is 5.32 Å². The average Bonchev–Trinajstić information content (AvgIpc) is 2.68. The van der Waals surface area contributed by atoms with Gasteiger partial charge in [0.1, 0.15) is 5.69 Å². The van der Waals surface area contributed by atoms with Crippen LogP contribution in [0.4, 0.5) is 11.4 Å². The highest BCUT2D eigenvalue weighted by Crippen LogP contribution is 2.26. The quantitative estimate of drug-likeness (QED) is 0.654. The fourth-order valence-electron chi connectivity index (χ4n) is 1.96. The number of H-pyrrole nitrogens is 1. The zero-order valence-corrected chi connectivity index (χ0v) is 11.2. The molecule has 0 fully saturated rings. The number of nitro groups is 1. The molecule has 1 aromatic carbocycles. The van der Waals surface area contributed by atoms with E-state index < -0.39 is 0 Å². The summed E-state index contributed by atoms with van der Waals surface area (Å²) in [6, 6.07) is 5.15. The summed E-state index contributed by atoms with van der Waals surface area (Å²) in [5.74, 6) is 0. The number of aromatic nitrogens is 2. The summed E-state index contributed by atoms with van der Waals surface area (Å²) in [4.78, 5) is 10.6. The zero-order chi connectivity index (χ0) is 14.0. The van der Waals surface area contributed by atoms with E-state index in [1.807, 2.05) is 26.8 Å². The molecule has 0 bridgehead atoms. The van der Waals surface area contributed by atoms with Gasteiger partial charge in [0.25, 0.3) is 5.69 Å². The van der Waals surface area contributed by atoms with E-state index in [-0.39, 0.29) is 10.6 Å². The number of benzene rings is 1. The summed E-state index contributed by atoms with van der Waals surface area (Å²) in [5, 5.41) is 21.1. The number of nitro benzene ring substituents is 1. The van der Waals surface area contributed by atoms with Crippen molar-refractivity contribution in [1.29, 1.82) is 0 Å². The molecule has 2 N–H and O–H groups in total. The van der Waals surface area contributed by atoms with Gasteiger partial charge in [0.15, 0.2) is 0 Å². The van der Waals surface area contributed by atoms with Crippen LogP contribution in [-0.2, 0) is 6.54 Å². The number of nitrogens with zero attached hydrogens (tertiary/aromatic N) is 2. The monoisotopic (exact) mass is 260 g/mol. The minimum atomic E-state index is -0.371. The molecule has 100 valence electrons. The summed E-state index contributed by atoms with van der Waals surface area (Å²) in [7, 11) is 0. The molecule has 0 spiro atoms. The topological polar surface area (TPSA) is 83.8 Å². The zero-order valence-electron chi connectivity index (χ0n) is 11.2. The number of hydrogen-bond acceptors (Lipinski definition) is 4. The highest BCUT2D eigenvalue weighted by atomic mass is 16.6. The van der Waals surface area contributed by atoms with Crippen molar-refractivity contribution in [2.24, 2.45) is 0 Å². The van der Waals surface area contributed by atoms with Crippen molar-refractivity contribution < 1.29 is 4.92 Å². The number of aromatic amines is 1. The Balaban J connectivity index is 2.23. The number of rotatable bonds is 4. The van der Waals surface area contributed by atoms with Crippen LogP contribution in [0.3, 0.4) is 0 Å². The van der Waals surface area contributed by atoms with Gasteiger partial charge in [-0.1, -0.05) is 6.07 Å². The van der Waals surface area contributed by atoms with Crippen LogP contribution in [0.2, 0.25) is 0 Å². The van der Waals surface area contributed by atoms with E-state index in [2.05, 4.69) is 15.5 Å². The summed E-state index contributed by atoms with van der Waals surface area (Å²) >= 11 is 0. The Labute approximate surface area is 111 Å². The van der Waals surface area contributed by atoms with E-state index in [1.54, 1.807) is 12.1 Å². The molecular formula is C13H16N4O2. The number of anilines is 1. The molecule has 0 aliphatic heterocycles. The average molecular weight is 260 g/mol. The Hall–Kier alpha value is -2.37. The second-order valence-corrected chi connectivity index (χ2v) is 4.54. The second kappa shape index (κ2) is 5.09. The van der Waals surface area contributed by atoms with Crippen LogP contribution < -0.4 is 5.32 Å². The van der Waals surface area contributed by atoms with Gasteiger partial charge in [-0.25, -0.2) is 0 Å². The standard InChI is InChI=1S/C13H16N4O2/c1-8-4-5-12(13(6-8)17(18)19)14-7-11-9(2)15-16-10(11)3/h4-6,14H,7H2,1-3H3,(H,15,16). The molecule has 0 atom stereocenters. The summed E-state index contributed by atoms with van der Waals surface area (Å²) in [5.41, 5.74) is 4.40. The maximum Gasteiger partial charge on any atom is 0.292 e. The molecule has 6 heteroatoms. The normalized spacial score (nSPS) is 10.5. The van der Waals surface area contributed by atoms with Gasteiger partial charge >= 0.3 is 0 Å². The van der Waals surface area contributed by atoms with Crippen molar-refractivity contribution in [2.45, 2.75) is 27.3 Å². The van der Waals surface area contributed by atoms with Gasteiger partial charge in [-0.2, -0.15) is 5.10 Å². The van der Waals surface area contributed by atoms with E-state index in [0.717, 1.165) is 22.5 Å². The van der Waals surface area contributed by atoms with Crippen LogP contribution in [0.15, 0.2) is 18.2 Å². The number of hydrogen-bond donors (Lipinski definition) is 2. The van der Waals surface area contributed by atoms with Crippen molar-refractivity contribution >= 4 is 11.4 Å². The molecule has 0 amide bonds. The van der Waals surface area contributed by atoms with E-state index in [4.69, 9.17) is 0 Å². The Bertz CT molecular complexity index is 600. The van der Waals surface area contributed by atoms with Crippen LogP contribution in [0, 0.1) is 30.9 Å². The summed E-state index contributed by atoms with van der Waals surface area (Å²) in [6.45, 7) is 6.18. The molecule has 1 heterocycles. The lowest BCUT2D eigenvalue weighted by Crippen LogP contribution is -2.04. The third kappa shape index (κ3) is 2.73. The molecule has 6 nitrogen and oxygen atoms in total. The fourth-order valence-corrected chi connectivity index (χ4v) is 1.96. The Morgan fingerprint density at radius 2 is 2.11 bits per heavy atom. The van der Waals surface area contributed by atoms with Gasteiger partial charge in [-0.3, -0.25) is 15.2 Å². The smallest absolute Gasteiger partial charge is 0.292 e. The van der Waals surface area contributed by atoms with Crippen LogP contribution in [-0.4, -0.2) is 15.1 Å².